The minimum atomic E-state index is 0.0317. The Labute approximate surface area is 104 Å². The molecule has 0 amide bonds. The maximum atomic E-state index is 5.58. The van der Waals surface area contributed by atoms with Crippen LogP contribution in [0.1, 0.15) is 36.6 Å². The van der Waals surface area contributed by atoms with Gasteiger partial charge in [-0.15, -0.1) is 11.3 Å². The van der Waals surface area contributed by atoms with Crippen molar-refractivity contribution in [3.63, 3.8) is 0 Å². The van der Waals surface area contributed by atoms with Crippen LogP contribution >= 0.6 is 11.3 Å². The third-order valence-electron chi connectivity index (χ3n) is 2.52. The van der Waals surface area contributed by atoms with Crippen molar-refractivity contribution >= 4 is 11.3 Å². The summed E-state index contributed by atoms with van der Waals surface area (Å²) in [5.41, 5.74) is 4.60. The summed E-state index contributed by atoms with van der Waals surface area (Å²) in [5, 5.41) is 4.21. The Balaban J connectivity index is 2.16. The maximum Gasteiger partial charge on any atom is 0.138 e. The van der Waals surface area contributed by atoms with Gasteiger partial charge in [0.05, 0.1) is 11.6 Å². The van der Waals surface area contributed by atoms with Crippen molar-refractivity contribution in [1.29, 1.82) is 0 Å². The number of rotatable bonds is 5. The van der Waals surface area contributed by atoms with Crippen LogP contribution in [-0.4, -0.2) is 19.7 Å². The highest BCUT2D eigenvalue weighted by molar-refractivity contribution is 7.09. The molecule has 1 unspecified atom stereocenters. The Hall–Kier alpha value is -1.31. The predicted octanol–water partition coefficient (Wildman–Crippen LogP) is 1.06. The number of nitrogens with zero attached hydrogens (tertiary/aromatic N) is 4. The second-order valence-corrected chi connectivity index (χ2v) is 4.96. The van der Waals surface area contributed by atoms with E-state index in [1.54, 1.807) is 23.2 Å². The van der Waals surface area contributed by atoms with Gasteiger partial charge < -0.3 is 0 Å². The standard InChI is InChI=1S/C10H16N6S/c1-7(2)16-10(13-5-14-16)3-8(15-11)9-4-12-6-17-9/h4-8,15H,3,11H2,1-2H3. The molecule has 2 rings (SSSR count). The van der Waals surface area contributed by atoms with Gasteiger partial charge in [-0.1, -0.05) is 0 Å². The van der Waals surface area contributed by atoms with Gasteiger partial charge in [0.25, 0.3) is 0 Å². The number of hydrogen-bond donors (Lipinski definition) is 2. The minimum absolute atomic E-state index is 0.0317. The number of nitrogens with one attached hydrogen (secondary N) is 1. The van der Waals surface area contributed by atoms with E-state index in [9.17, 15) is 0 Å². The molecule has 6 nitrogen and oxygen atoms in total. The average molecular weight is 252 g/mol. The summed E-state index contributed by atoms with van der Waals surface area (Å²) in [7, 11) is 0. The van der Waals surface area contributed by atoms with Crippen molar-refractivity contribution in [2.45, 2.75) is 32.4 Å². The minimum Gasteiger partial charge on any atom is -0.271 e. The van der Waals surface area contributed by atoms with Gasteiger partial charge in [-0.05, 0) is 13.8 Å². The van der Waals surface area contributed by atoms with E-state index in [2.05, 4.69) is 34.3 Å². The van der Waals surface area contributed by atoms with Gasteiger partial charge in [0, 0.05) is 23.5 Å². The number of thiazole rings is 1. The van der Waals surface area contributed by atoms with Crippen LogP contribution in [0.5, 0.6) is 0 Å². The lowest BCUT2D eigenvalue weighted by Gasteiger charge is -2.15. The second kappa shape index (κ2) is 5.35. The Kier molecular flexibility index (Phi) is 3.82. The van der Waals surface area contributed by atoms with Crippen molar-refractivity contribution in [2.75, 3.05) is 0 Å². The lowest BCUT2D eigenvalue weighted by Crippen LogP contribution is -2.30. The van der Waals surface area contributed by atoms with E-state index in [0.717, 1.165) is 10.7 Å². The van der Waals surface area contributed by atoms with Gasteiger partial charge in [0.1, 0.15) is 12.2 Å². The molecule has 0 aliphatic carbocycles. The molecule has 0 bridgehead atoms. The van der Waals surface area contributed by atoms with E-state index in [4.69, 9.17) is 5.84 Å². The lowest BCUT2D eigenvalue weighted by atomic mass is 10.2. The zero-order valence-corrected chi connectivity index (χ0v) is 10.7. The summed E-state index contributed by atoms with van der Waals surface area (Å²) in [5.74, 6) is 6.51. The highest BCUT2D eigenvalue weighted by Gasteiger charge is 2.16. The monoisotopic (exact) mass is 252 g/mol. The van der Waals surface area contributed by atoms with Crippen LogP contribution in [0.4, 0.5) is 0 Å². The molecular weight excluding hydrogens is 236 g/mol. The zero-order valence-electron chi connectivity index (χ0n) is 9.87. The van der Waals surface area contributed by atoms with Crippen LogP contribution in [0, 0.1) is 0 Å². The summed E-state index contributed by atoms with van der Waals surface area (Å²) < 4.78 is 1.91. The second-order valence-electron chi connectivity index (χ2n) is 4.04. The number of aromatic nitrogens is 4. The van der Waals surface area contributed by atoms with E-state index in [1.807, 2.05) is 10.9 Å². The van der Waals surface area contributed by atoms with Gasteiger partial charge in [0.15, 0.2) is 0 Å². The zero-order chi connectivity index (χ0) is 12.3. The molecule has 2 aromatic heterocycles. The average Bonchev–Trinajstić information content (AvgIpc) is 2.96. The number of hydrazine groups is 1. The Morgan fingerprint density at radius 3 is 2.94 bits per heavy atom. The Morgan fingerprint density at radius 2 is 2.35 bits per heavy atom. The molecule has 0 aliphatic rings. The van der Waals surface area contributed by atoms with Crippen molar-refractivity contribution in [1.82, 2.24) is 25.2 Å². The number of hydrogen-bond acceptors (Lipinski definition) is 6. The molecule has 17 heavy (non-hydrogen) atoms. The first-order chi connectivity index (χ1) is 8.22. The SMILES string of the molecule is CC(C)n1ncnc1CC(NN)c1cncs1. The van der Waals surface area contributed by atoms with Crippen LogP contribution in [-0.2, 0) is 6.42 Å². The molecule has 0 spiro atoms. The van der Waals surface area contributed by atoms with Crippen LogP contribution in [0.3, 0.4) is 0 Å². The van der Waals surface area contributed by atoms with Crippen molar-refractivity contribution in [3.05, 3.63) is 28.7 Å². The van der Waals surface area contributed by atoms with Crippen molar-refractivity contribution < 1.29 is 0 Å². The third-order valence-corrected chi connectivity index (χ3v) is 3.41. The summed E-state index contributed by atoms with van der Waals surface area (Å²) >= 11 is 1.58. The van der Waals surface area contributed by atoms with E-state index in [0.29, 0.717) is 12.5 Å². The topological polar surface area (TPSA) is 81.7 Å². The third kappa shape index (κ3) is 2.68. The fourth-order valence-corrected chi connectivity index (χ4v) is 2.35. The van der Waals surface area contributed by atoms with Crippen LogP contribution in [0.25, 0.3) is 0 Å². The molecule has 3 N–H and O–H groups in total. The molecule has 2 heterocycles. The fraction of sp³-hybridized carbons (Fsp3) is 0.500. The van der Waals surface area contributed by atoms with E-state index >= 15 is 0 Å². The Morgan fingerprint density at radius 1 is 1.53 bits per heavy atom. The van der Waals surface area contributed by atoms with Gasteiger partial charge in [-0.3, -0.25) is 16.3 Å². The summed E-state index contributed by atoms with van der Waals surface area (Å²) in [6, 6.07) is 0.330. The molecule has 7 heteroatoms. The molecule has 92 valence electrons. The highest BCUT2D eigenvalue weighted by Crippen LogP contribution is 2.20. The first-order valence-corrected chi connectivity index (χ1v) is 6.33. The molecule has 0 fully saturated rings. The first-order valence-electron chi connectivity index (χ1n) is 5.45. The van der Waals surface area contributed by atoms with Gasteiger partial charge in [0.2, 0.25) is 0 Å². The smallest absolute Gasteiger partial charge is 0.138 e. The molecular formula is C10H16N6S. The molecule has 1 atom stereocenters. The highest BCUT2D eigenvalue weighted by atomic mass is 32.1. The van der Waals surface area contributed by atoms with Gasteiger partial charge >= 0.3 is 0 Å². The van der Waals surface area contributed by atoms with E-state index in [1.165, 1.54) is 0 Å². The normalized spacial score (nSPS) is 13.2. The Bertz CT molecular complexity index is 449. The summed E-state index contributed by atoms with van der Waals surface area (Å²) in [6.07, 6.45) is 4.11. The largest absolute Gasteiger partial charge is 0.271 e. The quantitative estimate of drug-likeness (QED) is 0.614. The molecule has 0 radical (unpaired) electrons. The first kappa shape index (κ1) is 12.2. The predicted molar refractivity (Wildman–Crippen MR) is 66.3 cm³/mol. The maximum absolute atomic E-state index is 5.58. The molecule has 0 aromatic carbocycles. The summed E-state index contributed by atoms with van der Waals surface area (Å²) in [6.45, 7) is 4.16. The van der Waals surface area contributed by atoms with E-state index in [-0.39, 0.29) is 6.04 Å². The lowest BCUT2D eigenvalue weighted by molar-refractivity contribution is 0.471. The summed E-state index contributed by atoms with van der Waals surface area (Å²) in [4.78, 5) is 9.44. The van der Waals surface area contributed by atoms with Crippen LogP contribution in [0.2, 0.25) is 0 Å². The molecule has 0 saturated carbocycles. The van der Waals surface area contributed by atoms with Crippen molar-refractivity contribution in [3.8, 4) is 0 Å². The van der Waals surface area contributed by atoms with Gasteiger partial charge in [-0.2, -0.15) is 5.10 Å². The van der Waals surface area contributed by atoms with Gasteiger partial charge in [-0.25, -0.2) is 9.67 Å². The fourth-order valence-electron chi connectivity index (χ4n) is 1.67. The molecule has 0 saturated heterocycles. The number of nitrogens with two attached hydrogens (primary N) is 1. The molecule has 0 aliphatic heterocycles. The molecule has 2 aromatic rings. The van der Waals surface area contributed by atoms with Crippen LogP contribution in [0.15, 0.2) is 18.0 Å². The van der Waals surface area contributed by atoms with E-state index < -0.39 is 0 Å². The van der Waals surface area contributed by atoms with Crippen LogP contribution < -0.4 is 11.3 Å². The van der Waals surface area contributed by atoms with Crippen molar-refractivity contribution in [2.24, 2.45) is 5.84 Å².